The summed E-state index contributed by atoms with van der Waals surface area (Å²) in [5.41, 5.74) is 0.756. The van der Waals surface area contributed by atoms with Crippen LogP contribution < -0.4 is 15.4 Å². The number of aliphatic hydroxyl groups is 1. The van der Waals surface area contributed by atoms with E-state index in [2.05, 4.69) is 10.6 Å². The number of urea groups is 1. The minimum absolute atomic E-state index is 0.114. The van der Waals surface area contributed by atoms with E-state index in [0.717, 1.165) is 17.0 Å². The van der Waals surface area contributed by atoms with Crippen molar-refractivity contribution in [2.75, 3.05) is 11.9 Å². The zero-order chi connectivity index (χ0) is 16.0. The van der Waals surface area contributed by atoms with Gasteiger partial charge in [-0.1, -0.05) is 6.92 Å². The summed E-state index contributed by atoms with van der Waals surface area (Å²) < 4.78 is 5.60. The number of benzene rings is 1. The Hall–Kier alpha value is -1.75. The van der Waals surface area contributed by atoms with E-state index in [-0.39, 0.29) is 18.7 Å². The molecule has 5 heteroatoms. The van der Waals surface area contributed by atoms with Crippen LogP contribution in [-0.4, -0.2) is 29.4 Å². The Morgan fingerprint density at radius 3 is 2.62 bits per heavy atom. The van der Waals surface area contributed by atoms with Crippen LogP contribution in [0, 0.1) is 6.92 Å². The number of ether oxygens (including phenoxy) is 1. The molecule has 0 unspecified atom stereocenters. The van der Waals surface area contributed by atoms with Gasteiger partial charge in [-0.15, -0.1) is 0 Å². The van der Waals surface area contributed by atoms with Gasteiger partial charge in [0.2, 0.25) is 0 Å². The van der Waals surface area contributed by atoms with E-state index in [1.807, 2.05) is 45.9 Å². The average molecular weight is 294 g/mol. The third-order valence-electron chi connectivity index (χ3n) is 3.21. The summed E-state index contributed by atoms with van der Waals surface area (Å²) in [6.07, 6.45) is 0.691. The molecule has 0 aromatic heterocycles. The first-order valence-electron chi connectivity index (χ1n) is 7.28. The number of carbonyl (C=O) groups is 1. The van der Waals surface area contributed by atoms with Crippen molar-refractivity contribution in [3.63, 3.8) is 0 Å². The summed E-state index contributed by atoms with van der Waals surface area (Å²) in [6.45, 7) is 9.62. The number of hydrogen-bond donors (Lipinski definition) is 3. The van der Waals surface area contributed by atoms with Gasteiger partial charge in [-0.2, -0.15) is 0 Å². The monoisotopic (exact) mass is 294 g/mol. The summed E-state index contributed by atoms with van der Waals surface area (Å²) in [7, 11) is 0. The molecule has 1 rings (SSSR count). The van der Waals surface area contributed by atoms with Crippen LogP contribution in [0.2, 0.25) is 0 Å². The average Bonchev–Trinajstić information content (AvgIpc) is 2.39. The minimum Gasteiger partial charge on any atom is -0.491 e. The minimum atomic E-state index is -0.888. The maximum atomic E-state index is 11.8. The molecule has 21 heavy (non-hydrogen) atoms. The molecule has 0 aliphatic carbocycles. The Labute approximate surface area is 126 Å². The predicted octanol–water partition coefficient (Wildman–Crippen LogP) is 3.06. The molecule has 1 aromatic rings. The molecular formula is C16H26N2O3. The molecular weight excluding hydrogens is 268 g/mol. The van der Waals surface area contributed by atoms with Gasteiger partial charge in [-0.05, 0) is 57.9 Å². The fourth-order valence-electron chi connectivity index (χ4n) is 1.68. The van der Waals surface area contributed by atoms with Gasteiger partial charge in [0.05, 0.1) is 11.7 Å². The van der Waals surface area contributed by atoms with E-state index in [1.165, 1.54) is 0 Å². The molecule has 0 spiro atoms. The van der Waals surface area contributed by atoms with Crippen LogP contribution in [0.5, 0.6) is 5.75 Å². The third-order valence-corrected chi connectivity index (χ3v) is 3.21. The zero-order valence-electron chi connectivity index (χ0n) is 13.5. The molecule has 118 valence electrons. The molecule has 1 atom stereocenters. The molecule has 2 amide bonds. The Balaban J connectivity index is 2.60. The highest BCUT2D eigenvalue weighted by atomic mass is 16.5. The summed E-state index contributed by atoms with van der Waals surface area (Å²) >= 11 is 0. The lowest BCUT2D eigenvalue weighted by Gasteiger charge is -2.21. The second-order valence-corrected chi connectivity index (χ2v) is 5.80. The highest BCUT2D eigenvalue weighted by molar-refractivity contribution is 5.90. The van der Waals surface area contributed by atoms with Crippen molar-refractivity contribution in [2.24, 2.45) is 0 Å². The van der Waals surface area contributed by atoms with E-state index >= 15 is 0 Å². The standard InChI is InChI=1S/C16H26N2O3/c1-6-16(5,20)10-17-15(19)18-14-8-7-13(9-12(14)4)21-11(2)3/h7-9,11,20H,6,10H2,1-5H3,(H2,17,18,19)/t16-/m1/s1. The van der Waals surface area contributed by atoms with E-state index in [1.54, 1.807) is 6.92 Å². The first-order chi connectivity index (χ1) is 9.73. The fourth-order valence-corrected chi connectivity index (χ4v) is 1.68. The highest BCUT2D eigenvalue weighted by Gasteiger charge is 2.18. The topological polar surface area (TPSA) is 70.6 Å². The van der Waals surface area contributed by atoms with Crippen molar-refractivity contribution in [3.8, 4) is 5.75 Å². The zero-order valence-corrected chi connectivity index (χ0v) is 13.5. The van der Waals surface area contributed by atoms with Crippen molar-refractivity contribution >= 4 is 11.7 Å². The van der Waals surface area contributed by atoms with E-state index < -0.39 is 5.60 Å². The maximum absolute atomic E-state index is 11.8. The van der Waals surface area contributed by atoms with Gasteiger partial charge in [0.25, 0.3) is 0 Å². The van der Waals surface area contributed by atoms with Crippen molar-refractivity contribution in [3.05, 3.63) is 23.8 Å². The summed E-state index contributed by atoms with van der Waals surface area (Å²) in [5, 5.41) is 15.3. The Bertz CT molecular complexity index is 484. The number of aryl methyl sites for hydroxylation is 1. The number of carbonyl (C=O) groups excluding carboxylic acids is 1. The van der Waals surface area contributed by atoms with Gasteiger partial charge in [0.15, 0.2) is 0 Å². The first-order valence-corrected chi connectivity index (χ1v) is 7.28. The summed E-state index contributed by atoms with van der Waals surface area (Å²) in [6, 6.07) is 5.19. The number of amides is 2. The van der Waals surface area contributed by atoms with Gasteiger partial charge in [-0.25, -0.2) is 4.79 Å². The van der Waals surface area contributed by atoms with Gasteiger partial charge in [-0.3, -0.25) is 0 Å². The largest absolute Gasteiger partial charge is 0.491 e. The van der Waals surface area contributed by atoms with Gasteiger partial charge in [0, 0.05) is 12.2 Å². The highest BCUT2D eigenvalue weighted by Crippen LogP contribution is 2.22. The van der Waals surface area contributed by atoms with Crippen molar-refractivity contribution in [2.45, 2.75) is 52.7 Å². The van der Waals surface area contributed by atoms with Gasteiger partial charge < -0.3 is 20.5 Å². The molecule has 0 aliphatic rings. The lowest BCUT2D eigenvalue weighted by Crippen LogP contribution is -2.41. The van der Waals surface area contributed by atoms with E-state index in [4.69, 9.17) is 4.74 Å². The molecule has 0 aliphatic heterocycles. The van der Waals surface area contributed by atoms with Crippen LogP contribution in [-0.2, 0) is 0 Å². The molecule has 0 fully saturated rings. The smallest absolute Gasteiger partial charge is 0.319 e. The van der Waals surface area contributed by atoms with Crippen LogP contribution in [0.3, 0.4) is 0 Å². The summed E-state index contributed by atoms with van der Waals surface area (Å²) in [5.74, 6) is 0.780. The lowest BCUT2D eigenvalue weighted by atomic mass is 10.0. The molecule has 3 N–H and O–H groups in total. The van der Waals surface area contributed by atoms with Gasteiger partial charge in [0.1, 0.15) is 5.75 Å². The van der Waals surface area contributed by atoms with Crippen LogP contribution in [0.15, 0.2) is 18.2 Å². The Morgan fingerprint density at radius 1 is 1.43 bits per heavy atom. The van der Waals surface area contributed by atoms with Crippen molar-refractivity contribution in [1.29, 1.82) is 0 Å². The van der Waals surface area contributed by atoms with Crippen LogP contribution in [0.1, 0.15) is 39.7 Å². The number of hydrogen-bond acceptors (Lipinski definition) is 3. The van der Waals surface area contributed by atoms with Crippen molar-refractivity contribution < 1.29 is 14.6 Å². The molecule has 0 radical (unpaired) electrons. The molecule has 1 aromatic carbocycles. The molecule has 0 heterocycles. The lowest BCUT2D eigenvalue weighted by molar-refractivity contribution is 0.0587. The first kappa shape index (κ1) is 17.3. The molecule has 0 saturated heterocycles. The SMILES string of the molecule is CC[C@@](C)(O)CNC(=O)Nc1ccc(OC(C)C)cc1C. The van der Waals surface area contributed by atoms with Crippen LogP contribution >= 0.6 is 0 Å². The molecule has 0 saturated carbocycles. The second-order valence-electron chi connectivity index (χ2n) is 5.80. The van der Waals surface area contributed by atoms with Crippen molar-refractivity contribution in [1.82, 2.24) is 5.32 Å². The summed E-state index contributed by atoms with van der Waals surface area (Å²) in [4.78, 5) is 11.8. The Kier molecular flexibility index (Phi) is 6.03. The number of anilines is 1. The predicted molar refractivity (Wildman–Crippen MR) is 84.9 cm³/mol. The number of rotatable bonds is 6. The Morgan fingerprint density at radius 2 is 2.10 bits per heavy atom. The quantitative estimate of drug-likeness (QED) is 0.755. The second kappa shape index (κ2) is 7.31. The molecule has 5 nitrogen and oxygen atoms in total. The third kappa shape index (κ3) is 6.04. The maximum Gasteiger partial charge on any atom is 0.319 e. The van der Waals surface area contributed by atoms with E-state index in [0.29, 0.717) is 6.42 Å². The van der Waals surface area contributed by atoms with E-state index in [9.17, 15) is 9.90 Å². The van der Waals surface area contributed by atoms with Gasteiger partial charge >= 0.3 is 6.03 Å². The fraction of sp³-hybridized carbons (Fsp3) is 0.562. The normalized spacial score (nSPS) is 13.7. The number of nitrogens with one attached hydrogen (secondary N) is 2. The molecule has 0 bridgehead atoms. The van der Waals surface area contributed by atoms with Crippen LogP contribution in [0.25, 0.3) is 0 Å². The van der Waals surface area contributed by atoms with Crippen LogP contribution in [0.4, 0.5) is 10.5 Å².